The quantitative estimate of drug-likeness (QED) is 0.623. The highest BCUT2D eigenvalue weighted by Gasteiger charge is 2.22. The molecule has 0 fully saturated rings. The number of hydrogen-bond donors (Lipinski definition) is 1. The number of nitrogens with one attached hydrogen (secondary N) is 1. The number of hydrogen-bond acceptors (Lipinski definition) is 4. The van der Waals surface area contributed by atoms with Crippen LogP contribution in [0.2, 0.25) is 0 Å². The largest absolute Gasteiger partial charge is 0.466 e. The van der Waals surface area contributed by atoms with Crippen molar-refractivity contribution in [3.63, 3.8) is 0 Å². The zero-order chi connectivity index (χ0) is 14.3. The van der Waals surface area contributed by atoms with Gasteiger partial charge in [-0.05, 0) is 18.6 Å². The molecule has 5 nitrogen and oxygen atoms in total. The maximum atomic E-state index is 11.6. The fourth-order valence-electron chi connectivity index (χ4n) is 1.59. The lowest BCUT2D eigenvalue weighted by Gasteiger charge is -2.25. The second kappa shape index (κ2) is 6.87. The number of nitrogens with zero attached hydrogens (tertiary/aromatic N) is 1. The van der Waals surface area contributed by atoms with Crippen LogP contribution in [-0.4, -0.2) is 30.0 Å². The lowest BCUT2D eigenvalue weighted by molar-refractivity contribution is -0.146. The highest BCUT2D eigenvalue weighted by atomic mass is 16.5. The van der Waals surface area contributed by atoms with Crippen molar-refractivity contribution >= 4 is 11.9 Å². The van der Waals surface area contributed by atoms with Gasteiger partial charge < -0.3 is 10.1 Å². The van der Waals surface area contributed by atoms with Crippen LogP contribution in [0.5, 0.6) is 0 Å². The summed E-state index contributed by atoms with van der Waals surface area (Å²) in [6, 6.07) is 3.82. The smallest absolute Gasteiger partial charge is 0.315 e. The van der Waals surface area contributed by atoms with Crippen molar-refractivity contribution in [2.75, 3.05) is 13.2 Å². The molecule has 0 saturated carbocycles. The molecule has 0 aromatic carbocycles. The number of carbonyl (C=O) groups is 2. The molecule has 0 atom stereocenters. The van der Waals surface area contributed by atoms with Gasteiger partial charge in [0.05, 0.1) is 6.61 Å². The Morgan fingerprint density at radius 3 is 2.74 bits per heavy atom. The Hall–Kier alpha value is -1.91. The van der Waals surface area contributed by atoms with Crippen molar-refractivity contribution in [1.29, 1.82) is 0 Å². The normalized spacial score (nSPS) is 10.9. The van der Waals surface area contributed by atoms with Crippen LogP contribution in [0.25, 0.3) is 0 Å². The molecule has 1 amide bonds. The highest BCUT2D eigenvalue weighted by Crippen LogP contribution is 2.20. The minimum atomic E-state index is -0.501. The fraction of sp³-hybridized carbons (Fsp3) is 0.500. The number of ether oxygens (including phenoxy) is 1. The molecule has 0 saturated heterocycles. The standard InChI is InChI=1S/C14H20N2O3/c1-4-19-13(18)8-12(17)16-10-14(2,3)11-6-5-7-15-9-11/h5-7,9H,4,8,10H2,1-3H3,(H,16,17). The van der Waals surface area contributed by atoms with Crippen LogP contribution >= 0.6 is 0 Å². The molecular weight excluding hydrogens is 244 g/mol. The Kier molecular flexibility index (Phi) is 5.48. The number of esters is 1. The molecule has 1 aromatic rings. The lowest BCUT2D eigenvalue weighted by atomic mass is 9.85. The molecule has 1 heterocycles. The monoisotopic (exact) mass is 264 g/mol. The number of carbonyl (C=O) groups excluding carboxylic acids is 2. The molecule has 104 valence electrons. The van der Waals surface area contributed by atoms with Crippen molar-refractivity contribution in [1.82, 2.24) is 10.3 Å². The Bertz CT molecular complexity index is 430. The third kappa shape index (κ3) is 5.07. The van der Waals surface area contributed by atoms with Crippen LogP contribution in [-0.2, 0) is 19.7 Å². The average molecular weight is 264 g/mol. The number of pyridine rings is 1. The Labute approximate surface area is 113 Å². The lowest BCUT2D eigenvalue weighted by Crippen LogP contribution is -2.37. The van der Waals surface area contributed by atoms with E-state index in [1.165, 1.54) is 0 Å². The molecule has 1 rings (SSSR count). The summed E-state index contributed by atoms with van der Waals surface area (Å²) in [6.45, 7) is 6.45. The second-order valence-corrected chi connectivity index (χ2v) is 4.88. The van der Waals surface area contributed by atoms with Gasteiger partial charge in [-0.3, -0.25) is 14.6 Å². The first-order chi connectivity index (χ1) is 8.95. The highest BCUT2D eigenvalue weighted by molar-refractivity contribution is 5.94. The van der Waals surface area contributed by atoms with Crippen LogP contribution in [0, 0.1) is 0 Å². The van der Waals surface area contributed by atoms with Gasteiger partial charge in [0.1, 0.15) is 6.42 Å². The summed E-state index contributed by atoms with van der Waals surface area (Å²) in [4.78, 5) is 26.8. The minimum Gasteiger partial charge on any atom is -0.466 e. The summed E-state index contributed by atoms with van der Waals surface area (Å²) in [5.74, 6) is -0.824. The minimum absolute atomic E-state index is 0.238. The average Bonchev–Trinajstić information content (AvgIpc) is 2.38. The number of amides is 1. The van der Waals surface area contributed by atoms with Gasteiger partial charge >= 0.3 is 5.97 Å². The van der Waals surface area contributed by atoms with Gasteiger partial charge in [-0.15, -0.1) is 0 Å². The van der Waals surface area contributed by atoms with E-state index >= 15 is 0 Å². The third-order valence-corrected chi connectivity index (χ3v) is 2.78. The summed E-state index contributed by atoms with van der Waals surface area (Å²) >= 11 is 0. The fourth-order valence-corrected chi connectivity index (χ4v) is 1.59. The van der Waals surface area contributed by atoms with E-state index in [0.717, 1.165) is 5.56 Å². The van der Waals surface area contributed by atoms with Crippen LogP contribution in [0.3, 0.4) is 0 Å². The van der Waals surface area contributed by atoms with Gasteiger partial charge in [-0.1, -0.05) is 19.9 Å². The van der Waals surface area contributed by atoms with Gasteiger partial charge in [0, 0.05) is 24.4 Å². The van der Waals surface area contributed by atoms with Crippen LogP contribution in [0.4, 0.5) is 0 Å². The van der Waals surface area contributed by atoms with Crippen LogP contribution in [0.1, 0.15) is 32.8 Å². The Morgan fingerprint density at radius 2 is 2.16 bits per heavy atom. The van der Waals surface area contributed by atoms with E-state index in [2.05, 4.69) is 10.3 Å². The predicted molar refractivity (Wildman–Crippen MR) is 71.5 cm³/mol. The first kappa shape index (κ1) is 15.1. The van der Waals surface area contributed by atoms with E-state index < -0.39 is 5.97 Å². The van der Waals surface area contributed by atoms with Gasteiger partial charge in [-0.2, -0.15) is 0 Å². The molecule has 1 N–H and O–H groups in total. The zero-order valence-electron chi connectivity index (χ0n) is 11.6. The van der Waals surface area contributed by atoms with E-state index in [1.54, 1.807) is 19.3 Å². The van der Waals surface area contributed by atoms with Crippen molar-refractivity contribution in [3.8, 4) is 0 Å². The molecule has 5 heteroatoms. The van der Waals surface area contributed by atoms with E-state index in [4.69, 9.17) is 4.74 Å². The topological polar surface area (TPSA) is 68.3 Å². The van der Waals surface area contributed by atoms with E-state index in [1.807, 2.05) is 26.0 Å². The maximum absolute atomic E-state index is 11.6. The molecule has 19 heavy (non-hydrogen) atoms. The van der Waals surface area contributed by atoms with Crippen LogP contribution < -0.4 is 5.32 Å². The third-order valence-electron chi connectivity index (χ3n) is 2.78. The SMILES string of the molecule is CCOC(=O)CC(=O)NCC(C)(C)c1cccnc1. The molecule has 0 bridgehead atoms. The first-order valence-electron chi connectivity index (χ1n) is 6.28. The van der Waals surface area contributed by atoms with Gasteiger partial charge in [0.25, 0.3) is 0 Å². The van der Waals surface area contributed by atoms with Crippen molar-refractivity contribution in [2.24, 2.45) is 0 Å². The van der Waals surface area contributed by atoms with E-state index in [-0.39, 0.29) is 24.3 Å². The molecule has 0 radical (unpaired) electrons. The van der Waals surface area contributed by atoms with Crippen LogP contribution in [0.15, 0.2) is 24.5 Å². The number of rotatable bonds is 6. The summed E-state index contributed by atoms with van der Waals surface area (Å²) in [5, 5.41) is 2.74. The maximum Gasteiger partial charge on any atom is 0.315 e. The van der Waals surface area contributed by atoms with Gasteiger partial charge in [0.15, 0.2) is 0 Å². The van der Waals surface area contributed by atoms with Crippen molar-refractivity contribution in [2.45, 2.75) is 32.6 Å². The molecule has 0 aliphatic rings. The van der Waals surface area contributed by atoms with Crippen molar-refractivity contribution < 1.29 is 14.3 Å². The summed E-state index contributed by atoms with van der Waals surface area (Å²) < 4.78 is 4.72. The molecule has 0 spiro atoms. The Morgan fingerprint density at radius 1 is 1.42 bits per heavy atom. The molecule has 0 unspecified atom stereocenters. The second-order valence-electron chi connectivity index (χ2n) is 4.88. The van der Waals surface area contributed by atoms with Gasteiger partial charge in [-0.25, -0.2) is 0 Å². The number of aromatic nitrogens is 1. The van der Waals surface area contributed by atoms with E-state index in [0.29, 0.717) is 6.54 Å². The van der Waals surface area contributed by atoms with E-state index in [9.17, 15) is 9.59 Å². The molecular formula is C14H20N2O3. The first-order valence-corrected chi connectivity index (χ1v) is 6.28. The van der Waals surface area contributed by atoms with Crippen molar-refractivity contribution in [3.05, 3.63) is 30.1 Å². The van der Waals surface area contributed by atoms with Gasteiger partial charge in [0.2, 0.25) is 5.91 Å². The summed E-state index contributed by atoms with van der Waals surface area (Å²) in [5.41, 5.74) is 0.796. The Balaban J connectivity index is 2.47. The molecule has 0 aliphatic heterocycles. The predicted octanol–water partition coefficient (Wildman–Crippen LogP) is 1.43. The summed E-state index contributed by atoms with van der Waals surface area (Å²) in [7, 11) is 0. The molecule has 1 aromatic heterocycles. The molecule has 0 aliphatic carbocycles. The zero-order valence-corrected chi connectivity index (χ0v) is 11.6. The summed E-state index contributed by atoms with van der Waals surface area (Å²) in [6.07, 6.45) is 3.24.